The molecular formula is C61H110O6. The Hall–Kier alpha value is -2.63. The summed E-state index contributed by atoms with van der Waals surface area (Å²) in [6, 6.07) is 0. The molecule has 0 rings (SSSR count). The van der Waals surface area contributed by atoms with E-state index in [4.69, 9.17) is 14.2 Å². The lowest BCUT2D eigenvalue weighted by atomic mass is 10.1. The Balaban J connectivity index is 4.31. The van der Waals surface area contributed by atoms with E-state index in [0.717, 1.165) is 70.6 Å². The summed E-state index contributed by atoms with van der Waals surface area (Å²) in [6.45, 7) is 6.59. The summed E-state index contributed by atoms with van der Waals surface area (Å²) in [7, 11) is 0. The number of esters is 3. The third-order valence-corrected chi connectivity index (χ3v) is 12.8. The number of carbonyl (C=O) groups is 3. The molecule has 0 aromatic heterocycles. The van der Waals surface area contributed by atoms with Crippen molar-refractivity contribution in [2.24, 2.45) is 0 Å². The zero-order chi connectivity index (χ0) is 48.6. The summed E-state index contributed by atoms with van der Waals surface area (Å²) >= 11 is 0. The van der Waals surface area contributed by atoms with Gasteiger partial charge >= 0.3 is 17.9 Å². The van der Waals surface area contributed by atoms with E-state index in [0.29, 0.717) is 19.3 Å². The number of carbonyl (C=O) groups excluding carboxylic acids is 3. The van der Waals surface area contributed by atoms with Crippen LogP contribution < -0.4 is 0 Å². The van der Waals surface area contributed by atoms with Gasteiger partial charge in [0, 0.05) is 19.3 Å². The van der Waals surface area contributed by atoms with Crippen LogP contribution in [0.3, 0.4) is 0 Å². The molecule has 0 radical (unpaired) electrons. The van der Waals surface area contributed by atoms with Crippen LogP contribution in [-0.4, -0.2) is 37.2 Å². The van der Waals surface area contributed by atoms with Crippen LogP contribution in [0.2, 0.25) is 0 Å². The van der Waals surface area contributed by atoms with E-state index in [1.165, 1.54) is 193 Å². The molecule has 0 heterocycles. The first-order chi connectivity index (χ1) is 33.0. The zero-order valence-corrected chi connectivity index (χ0v) is 44.7. The number of allylic oxidation sites excluding steroid dienone is 8. The van der Waals surface area contributed by atoms with E-state index < -0.39 is 6.10 Å². The minimum atomic E-state index is -0.778. The number of unbranched alkanes of at least 4 members (excludes halogenated alkanes) is 34. The fourth-order valence-electron chi connectivity index (χ4n) is 8.33. The van der Waals surface area contributed by atoms with Crippen molar-refractivity contribution in [3.8, 4) is 0 Å². The van der Waals surface area contributed by atoms with Gasteiger partial charge in [-0.15, -0.1) is 0 Å². The summed E-state index contributed by atoms with van der Waals surface area (Å²) in [5, 5.41) is 0. The van der Waals surface area contributed by atoms with Crippen LogP contribution in [0.15, 0.2) is 48.6 Å². The molecule has 0 saturated heterocycles. The highest BCUT2D eigenvalue weighted by molar-refractivity contribution is 5.71. The lowest BCUT2D eigenvalue weighted by Crippen LogP contribution is -2.30. The highest BCUT2D eigenvalue weighted by Crippen LogP contribution is 2.16. The highest BCUT2D eigenvalue weighted by atomic mass is 16.6. The van der Waals surface area contributed by atoms with Gasteiger partial charge in [-0.1, -0.05) is 236 Å². The van der Waals surface area contributed by atoms with Crippen molar-refractivity contribution in [3.05, 3.63) is 48.6 Å². The highest BCUT2D eigenvalue weighted by Gasteiger charge is 2.19. The van der Waals surface area contributed by atoms with Crippen LogP contribution in [0.5, 0.6) is 0 Å². The van der Waals surface area contributed by atoms with Crippen LogP contribution in [0.1, 0.15) is 303 Å². The third kappa shape index (κ3) is 54.2. The Kier molecular flexibility index (Phi) is 53.8. The van der Waals surface area contributed by atoms with Crippen LogP contribution in [0.4, 0.5) is 0 Å². The van der Waals surface area contributed by atoms with Crippen molar-refractivity contribution in [1.82, 2.24) is 0 Å². The monoisotopic (exact) mass is 939 g/mol. The van der Waals surface area contributed by atoms with Crippen molar-refractivity contribution in [1.29, 1.82) is 0 Å². The first kappa shape index (κ1) is 64.4. The van der Waals surface area contributed by atoms with E-state index in [-0.39, 0.29) is 31.1 Å². The summed E-state index contributed by atoms with van der Waals surface area (Å²) in [4.78, 5) is 38.1. The van der Waals surface area contributed by atoms with E-state index in [9.17, 15) is 14.4 Å². The second-order valence-electron chi connectivity index (χ2n) is 19.5. The molecule has 6 heteroatoms. The third-order valence-electron chi connectivity index (χ3n) is 12.8. The predicted molar refractivity (Wildman–Crippen MR) is 289 cm³/mol. The maximum atomic E-state index is 12.9. The first-order valence-electron chi connectivity index (χ1n) is 29.1. The molecule has 0 aliphatic rings. The molecule has 390 valence electrons. The number of hydrogen-bond acceptors (Lipinski definition) is 6. The van der Waals surface area contributed by atoms with Gasteiger partial charge in [0.15, 0.2) is 6.10 Å². The van der Waals surface area contributed by atoms with E-state index in [1.807, 2.05) is 0 Å². The van der Waals surface area contributed by atoms with Gasteiger partial charge in [0.25, 0.3) is 0 Å². The Morgan fingerprint density at radius 2 is 0.552 bits per heavy atom. The average Bonchev–Trinajstić information content (AvgIpc) is 3.33. The van der Waals surface area contributed by atoms with Gasteiger partial charge in [0.05, 0.1) is 0 Å². The Bertz CT molecular complexity index is 1170. The number of hydrogen-bond donors (Lipinski definition) is 0. The standard InChI is InChI=1S/C61H110O6/c1-4-7-10-13-16-19-22-24-26-28-30-32-34-36-39-42-45-48-51-54-60(63)66-57-58(56-65-59(62)53-50-47-44-41-38-21-18-15-12-9-6-3)67-61(64)55-52-49-46-43-40-37-35-33-31-29-27-25-23-20-17-14-11-8-5-2/h15-16,18-19,24-27,58H,4-14,17,20-23,28-57H2,1-3H3/b18-15-,19-16-,26-24-,27-25-/t58-/m0/s1. The van der Waals surface area contributed by atoms with Gasteiger partial charge in [-0.3, -0.25) is 14.4 Å². The smallest absolute Gasteiger partial charge is 0.306 e. The molecule has 0 aliphatic carbocycles. The van der Waals surface area contributed by atoms with Gasteiger partial charge in [-0.05, 0) is 96.3 Å². The van der Waals surface area contributed by atoms with Crippen LogP contribution in [-0.2, 0) is 28.6 Å². The lowest BCUT2D eigenvalue weighted by molar-refractivity contribution is -0.167. The molecule has 67 heavy (non-hydrogen) atoms. The van der Waals surface area contributed by atoms with Gasteiger partial charge in [0.2, 0.25) is 0 Å². The largest absolute Gasteiger partial charge is 0.462 e. The number of rotatable bonds is 53. The molecule has 0 fully saturated rings. The second-order valence-corrected chi connectivity index (χ2v) is 19.5. The second kappa shape index (κ2) is 56.0. The topological polar surface area (TPSA) is 78.9 Å². The molecular weight excluding hydrogens is 829 g/mol. The fraction of sp³-hybridized carbons (Fsp3) is 0.820. The molecule has 0 saturated carbocycles. The number of ether oxygens (including phenoxy) is 3. The normalized spacial score (nSPS) is 12.3. The van der Waals surface area contributed by atoms with E-state index >= 15 is 0 Å². The van der Waals surface area contributed by atoms with Crippen LogP contribution in [0.25, 0.3) is 0 Å². The Labute approximate surface area is 416 Å². The summed E-state index contributed by atoms with van der Waals surface area (Å²) in [5.41, 5.74) is 0. The van der Waals surface area contributed by atoms with E-state index in [2.05, 4.69) is 69.4 Å². The van der Waals surface area contributed by atoms with Crippen molar-refractivity contribution in [3.63, 3.8) is 0 Å². The van der Waals surface area contributed by atoms with Crippen LogP contribution in [0, 0.1) is 0 Å². The van der Waals surface area contributed by atoms with Crippen molar-refractivity contribution >= 4 is 17.9 Å². The van der Waals surface area contributed by atoms with Gasteiger partial charge in [-0.25, -0.2) is 0 Å². The van der Waals surface area contributed by atoms with Crippen molar-refractivity contribution in [2.45, 2.75) is 309 Å². The fourth-order valence-corrected chi connectivity index (χ4v) is 8.33. The van der Waals surface area contributed by atoms with Gasteiger partial charge in [0.1, 0.15) is 13.2 Å². The maximum Gasteiger partial charge on any atom is 0.306 e. The van der Waals surface area contributed by atoms with Crippen molar-refractivity contribution < 1.29 is 28.6 Å². The molecule has 1 atom stereocenters. The molecule has 0 amide bonds. The predicted octanol–water partition coefficient (Wildman–Crippen LogP) is 19.4. The average molecular weight is 940 g/mol. The first-order valence-corrected chi connectivity index (χ1v) is 29.1. The minimum Gasteiger partial charge on any atom is -0.462 e. The van der Waals surface area contributed by atoms with Gasteiger partial charge in [-0.2, -0.15) is 0 Å². The molecule has 0 spiro atoms. The SMILES string of the molecule is CCCC/C=C\CCCCCCCC(=O)OC[C@@H](COC(=O)CCCCCCCCCCC/C=C\C/C=C\CCCCC)OC(=O)CCCCCCCCCCC/C=C\CCCCCCCC. The van der Waals surface area contributed by atoms with Crippen molar-refractivity contribution in [2.75, 3.05) is 13.2 Å². The molecule has 0 aliphatic heterocycles. The van der Waals surface area contributed by atoms with Crippen LogP contribution >= 0.6 is 0 Å². The molecule has 0 unspecified atom stereocenters. The molecule has 0 aromatic carbocycles. The minimum absolute atomic E-state index is 0.0772. The van der Waals surface area contributed by atoms with E-state index in [1.54, 1.807) is 0 Å². The molecule has 6 nitrogen and oxygen atoms in total. The Morgan fingerprint density at radius 1 is 0.299 bits per heavy atom. The lowest BCUT2D eigenvalue weighted by Gasteiger charge is -2.18. The Morgan fingerprint density at radius 3 is 0.910 bits per heavy atom. The maximum absolute atomic E-state index is 12.9. The molecule has 0 bridgehead atoms. The zero-order valence-electron chi connectivity index (χ0n) is 44.7. The molecule has 0 aromatic rings. The summed E-state index contributed by atoms with van der Waals surface area (Å²) < 4.78 is 16.9. The summed E-state index contributed by atoms with van der Waals surface area (Å²) in [6.07, 6.45) is 68.2. The summed E-state index contributed by atoms with van der Waals surface area (Å²) in [5.74, 6) is -0.880. The quantitative estimate of drug-likeness (QED) is 0.0262. The molecule has 0 N–H and O–H groups in total. The van der Waals surface area contributed by atoms with Gasteiger partial charge < -0.3 is 14.2 Å².